The Labute approximate surface area is 156 Å². The molecule has 0 radical (unpaired) electrons. The standard InChI is InChI=1S/C17H27N3O2.2ClH/c18-17(9-5-2-6-10-17)12-19-15(21)14-11-22-16(20-14)13-7-3-1-4-8-13;;/h11,13H,1-10,12,18H2,(H,19,21);2*1H. The van der Waals surface area contributed by atoms with Crippen molar-refractivity contribution in [2.75, 3.05) is 6.54 Å². The van der Waals surface area contributed by atoms with Crippen molar-refractivity contribution < 1.29 is 9.21 Å². The zero-order valence-electron chi connectivity index (χ0n) is 14.1. The quantitative estimate of drug-likeness (QED) is 0.831. The van der Waals surface area contributed by atoms with Crippen LogP contribution in [0.4, 0.5) is 0 Å². The summed E-state index contributed by atoms with van der Waals surface area (Å²) in [6.45, 7) is 0.525. The van der Waals surface area contributed by atoms with E-state index in [4.69, 9.17) is 10.2 Å². The first-order chi connectivity index (χ1) is 10.7. The molecule has 2 aliphatic carbocycles. The molecule has 3 rings (SSSR count). The number of aromatic nitrogens is 1. The van der Waals surface area contributed by atoms with Crippen molar-refractivity contribution in [3.63, 3.8) is 0 Å². The Kier molecular flexibility index (Phi) is 8.54. The van der Waals surface area contributed by atoms with Crippen LogP contribution in [0.2, 0.25) is 0 Å². The lowest BCUT2D eigenvalue weighted by atomic mass is 9.82. The summed E-state index contributed by atoms with van der Waals surface area (Å²) in [5.74, 6) is 0.945. The van der Waals surface area contributed by atoms with Gasteiger partial charge in [0.15, 0.2) is 11.6 Å². The summed E-state index contributed by atoms with van der Waals surface area (Å²) in [4.78, 5) is 16.6. The van der Waals surface area contributed by atoms with Crippen LogP contribution >= 0.6 is 24.8 Å². The van der Waals surface area contributed by atoms with E-state index in [0.29, 0.717) is 18.2 Å². The first-order valence-corrected chi connectivity index (χ1v) is 8.69. The molecule has 1 amide bonds. The molecule has 0 saturated heterocycles. The van der Waals surface area contributed by atoms with E-state index in [1.165, 1.54) is 31.9 Å². The van der Waals surface area contributed by atoms with Crippen molar-refractivity contribution in [2.24, 2.45) is 5.73 Å². The lowest BCUT2D eigenvalue weighted by Gasteiger charge is -2.33. The first kappa shape index (κ1) is 21.3. The van der Waals surface area contributed by atoms with Gasteiger partial charge in [-0.05, 0) is 25.7 Å². The molecule has 138 valence electrons. The maximum absolute atomic E-state index is 12.2. The van der Waals surface area contributed by atoms with Crippen LogP contribution in [0, 0.1) is 0 Å². The van der Waals surface area contributed by atoms with Gasteiger partial charge in [0.1, 0.15) is 6.26 Å². The zero-order valence-corrected chi connectivity index (χ0v) is 15.7. The summed E-state index contributed by atoms with van der Waals surface area (Å²) in [7, 11) is 0. The van der Waals surface area contributed by atoms with Gasteiger partial charge in [-0.15, -0.1) is 24.8 Å². The van der Waals surface area contributed by atoms with E-state index in [-0.39, 0.29) is 36.3 Å². The van der Waals surface area contributed by atoms with Gasteiger partial charge in [-0.3, -0.25) is 4.79 Å². The van der Waals surface area contributed by atoms with E-state index >= 15 is 0 Å². The number of hydrogen-bond donors (Lipinski definition) is 2. The van der Waals surface area contributed by atoms with Crippen LogP contribution in [-0.2, 0) is 0 Å². The lowest BCUT2D eigenvalue weighted by Crippen LogP contribution is -2.51. The molecular formula is C17H29Cl2N3O2. The van der Waals surface area contributed by atoms with Crippen LogP contribution in [0.3, 0.4) is 0 Å². The summed E-state index contributed by atoms with van der Waals surface area (Å²) in [6.07, 6.45) is 13.0. The zero-order chi connectivity index (χ0) is 15.4. The number of oxazole rings is 1. The Balaban J connectivity index is 0.00000144. The SMILES string of the molecule is Cl.Cl.NC1(CNC(=O)c2coc(C3CCCCC3)n2)CCCCC1. The minimum absolute atomic E-state index is 0. The van der Waals surface area contributed by atoms with Crippen LogP contribution in [0.1, 0.15) is 86.5 Å². The van der Waals surface area contributed by atoms with Crippen LogP contribution in [-0.4, -0.2) is 23.0 Å². The Morgan fingerprint density at radius 2 is 1.79 bits per heavy atom. The van der Waals surface area contributed by atoms with Crippen LogP contribution in [0.5, 0.6) is 0 Å². The van der Waals surface area contributed by atoms with E-state index in [9.17, 15) is 4.79 Å². The average Bonchev–Trinajstić information content (AvgIpc) is 3.04. The molecule has 1 aromatic heterocycles. The second kappa shape index (κ2) is 9.64. The molecule has 1 heterocycles. The molecule has 3 N–H and O–H groups in total. The minimum atomic E-state index is -0.246. The van der Waals surface area contributed by atoms with Gasteiger partial charge >= 0.3 is 0 Å². The fourth-order valence-corrected chi connectivity index (χ4v) is 3.71. The largest absolute Gasteiger partial charge is 0.448 e. The number of nitrogens with zero attached hydrogens (tertiary/aromatic N) is 1. The molecular weight excluding hydrogens is 349 g/mol. The number of nitrogens with one attached hydrogen (secondary N) is 1. The third-order valence-corrected chi connectivity index (χ3v) is 5.16. The summed E-state index contributed by atoms with van der Waals surface area (Å²) in [6, 6.07) is 0. The molecule has 0 atom stereocenters. The minimum Gasteiger partial charge on any atom is -0.448 e. The van der Waals surface area contributed by atoms with Crippen molar-refractivity contribution in [2.45, 2.75) is 75.7 Å². The van der Waals surface area contributed by atoms with Gasteiger partial charge in [-0.1, -0.05) is 38.5 Å². The summed E-state index contributed by atoms with van der Waals surface area (Å²) in [5, 5.41) is 2.94. The fourth-order valence-electron chi connectivity index (χ4n) is 3.71. The number of carbonyl (C=O) groups is 1. The van der Waals surface area contributed by atoms with Crippen molar-refractivity contribution in [3.8, 4) is 0 Å². The van der Waals surface area contributed by atoms with Crippen LogP contribution in [0.25, 0.3) is 0 Å². The van der Waals surface area contributed by atoms with Crippen molar-refractivity contribution >= 4 is 30.7 Å². The van der Waals surface area contributed by atoms with Crippen LogP contribution in [0.15, 0.2) is 10.7 Å². The van der Waals surface area contributed by atoms with Gasteiger partial charge in [-0.25, -0.2) is 4.98 Å². The first-order valence-electron chi connectivity index (χ1n) is 8.69. The van der Waals surface area contributed by atoms with Crippen molar-refractivity contribution in [1.29, 1.82) is 0 Å². The molecule has 7 heteroatoms. The van der Waals surface area contributed by atoms with Crippen molar-refractivity contribution in [3.05, 3.63) is 17.8 Å². The van der Waals surface area contributed by atoms with Gasteiger partial charge < -0.3 is 15.5 Å². The monoisotopic (exact) mass is 377 g/mol. The highest BCUT2D eigenvalue weighted by Gasteiger charge is 2.28. The lowest BCUT2D eigenvalue weighted by molar-refractivity contribution is 0.0932. The Morgan fingerprint density at radius 1 is 1.17 bits per heavy atom. The van der Waals surface area contributed by atoms with E-state index in [1.54, 1.807) is 0 Å². The van der Waals surface area contributed by atoms with E-state index < -0.39 is 0 Å². The number of halogens is 2. The van der Waals surface area contributed by atoms with Gasteiger partial charge in [0.25, 0.3) is 5.91 Å². The summed E-state index contributed by atoms with van der Waals surface area (Å²) in [5.41, 5.74) is 6.49. The molecule has 2 aliphatic rings. The molecule has 0 aromatic carbocycles. The van der Waals surface area contributed by atoms with Gasteiger partial charge in [0, 0.05) is 18.0 Å². The van der Waals surface area contributed by atoms with Gasteiger partial charge in [-0.2, -0.15) is 0 Å². The molecule has 5 nitrogen and oxygen atoms in total. The molecule has 1 aromatic rings. The average molecular weight is 378 g/mol. The number of amides is 1. The predicted molar refractivity (Wildman–Crippen MR) is 99.2 cm³/mol. The van der Waals surface area contributed by atoms with Gasteiger partial charge in [0.2, 0.25) is 0 Å². The molecule has 0 bridgehead atoms. The number of hydrogen-bond acceptors (Lipinski definition) is 4. The highest BCUT2D eigenvalue weighted by atomic mass is 35.5. The third-order valence-electron chi connectivity index (χ3n) is 5.16. The molecule has 0 aliphatic heterocycles. The Hall–Kier alpha value is -0.780. The maximum Gasteiger partial charge on any atom is 0.273 e. The van der Waals surface area contributed by atoms with E-state index in [0.717, 1.165) is 44.4 Å². The molecule has 2 fully saturated rings. The fraction of sp³-hybridized carbons (Fsp3) is 0.765. The number of nitrogens with two attached hydrogens (primary N) is 1. The third kappa shape index (κ3) is 5.36. The number of carbonyl (C=O) groups excluding carboxylic acids is 1. The van der Waals surface area contributed by atoms with Crippen LogP contribution < -0.4 is 11.1 Å². The molecule has 2 saturated carbocycles. The molecule has 0 spiro atoms. The topological polar surface area (TPSA) is 81.1 Å². The Bertz CT molecular complexity index is 510. The highest BCUT2D eigenvalue weighted by Crippen LogP contribution is 2.32. The second-order valence-electron chi connectivity index (χ2n) is 7.01. The second-order valence-corrected chi connectivity index (χ2v) is 7.01. The molecule has 24 heavy (non-hydrogen) atoms. The highest BCUT2D eigenvalue weighted by molar-refractivity contribution is 5.91. The van der Waals surface area contributed by atoms with Gasteiger partial charge in [0.05, 0.1) is 0 Å². The van der Waals surface area contributed by atoms with E-state index in [1.807, 2.05) is 0 Å². The predicted octanol–water partition coefficient (Wildman–Crippen LogP) is 3.96. The summed E-state index contributed by atoms with van der Waals surface area (Å²) < 4.78 is 5.54. The normalized spacial score (nSPS) is 20.5. The van der Waals surface area contributed by atoms with E-state index in [2.05, 4.69) is 10.3 Å². The maximum atomic E-state index is 12.2. The van der Waals surface area contributed by atoms with Crippen molar-refractivity contribution in [1.82, 2.24) is 10.3 Å². The smallest absolute Gasteiger partial charge is 0.273 e. The Morgan fingerprint density at radius 3 is 2.46 bits per heavy atom. The summed E-state index contributed by atoms with van der Waals surface area (Å²) >= 11 is 0. The molecule has 0 unspecified atom stereocenters. The number of rotatable bonds is 4.